The van der Waals surface area contributed by atoms with E-state index in [1.807, 2.05) is 0 Å². The van der Waals surface area contributed by atoms with Crippen LogP contribution in [0.15, 0.2) is 0 Å². The van der Waals surface area contributed by atoms with Gasteiger partial charge in [-0.15, -0.1) is 23.5 Å². The zero-order chi connectivity index (χ0) is 7.61. The molecule has 1 heterocycles. The van der Waals surface area contributed by atoms with E-state index in [4.69, 9.17) is 0 Å². The Morgan fingerprint density at radius 3 is 2.30 bits per heavy atom. The van der Waals surface area contributed by atoms with Crippen molar-refractivity contribution in [2.24, 2.45) is 5.92 Å². The van der Waals surface area contributed by atoms with Crippen molar-refractivity contribution in [3.63, 3.8) is 0 Å². The molecular formula is C8H16S2. The first-order valence-electron chi connectivity index (χ1n) is 3.97. The van der Waals surface area contributed by atoms with E-state index in [0.717, 1.165) is 5.92 Å². The fourth-order valence-electron chi connectivity index (χ4n) is 1.19. The molecule has 1 rings (SSSR count). The highest BCUT2D eigenvalue weighted by molar-refractivity contribution is 8.21. The van der Waals surface area contributed by atoms with Crippen LogP contribution >= 0.6 is 23.5 Å². The first-order chi connectivity index (χ1) is 4.69. The minimum absolute atomic E-state index is 0.536. The Kier molecular flexibility index (Phi) is 2.99. The molecule has 1 atom stereocenters. The van der Waals surface area contributed by atoms with Crippen molar-refractivity contribution in [3.05, 3.63) is 0 Å². The van der Waals surface area contributed by atoms with Crippen LogP contribution in [0.2, 0.25) is 0 Å². The molecule has 0 saturated carbocycles. The first-order valence-corrected chi connectivity index (χ1v) is 5.94. The third-order valence-corrected chi connectivity index (χ3v) is 6.10. The number of rotatable bonds is 2. The normalized spacial score (nSPS) is 26.7. The molecule has 1 unspecified atom stereocenters. The minimum Gasteiger partial charge on any atom is -0.143 e. The van der Waals surface area contributed by atoms with Gasteiger partial charge in [0.25, 0.3) is 0 Å². The summed E-state index contributed by atoms with van der Waals surface area (Å²) in [6, 6.07) is 0. The summed E-state index contributed by atoms with van der Waals surface area (Å²) in [7, 11) is 0. The van der Waals surface area contributed by atoms with E-state index in [-0.39, 0.29) is 0 Å². The lowest BCUT2D eigenvalue weighted by molar-refractivity contribution is 0.531. The van der Waals surface area contributed by atoms with Crippen LogP contribution in [-0.2, 0) is 0 Å². The van der Waals surface area contributed by atoms with Gasteiger partial charge in [0.1, 0.15) is 0 Å². The number of hydrogen-bond donors (Lipinski definition) is 0. The molecule has 0 spiro atoms. The molecule has 0 aromatic heterocycles. The van der Waals surface area contributed by atoms with E-state index < -0.39 is 0 Å². The molecule has 1 aliphatic rings. The Balaban J connectivity index is 2.49. The summed E-state index contributed by atoms with van der Waals surface area (Å²) < 4.78 is 0.536. The topological polar surface area (TPSA) is 0 Å². The molecule has 0 radical (unpaired) electrons. The van der Waals surface area contributed by atoms with Gasteiger partial charge < -0.3 is 0 Å². The van der Waals surface area contributed by atoms with Crippen molar-refractivity contribution in [1.82, 2.24) is 0 Å². The Bertz CT molecular complexity index is 106. The van der Waals surface area contributed by atoms with Gasteiger partial charge in [0.2, 0.25) is 0 Å². The largest absolute Gasteiger partial charge is 0.143 e. The van der Waals surface area contributed by atoms with E-state index in [9.17, 15) is 0 Å². The van der Waals surface area contributed by atoms with Gasteiger partial charge in [0.15, 0.2) is 0 Å². The molecule has 0 amide bonds. The highest BCUT2D eigenvalue weighted by Crippen LogP contribution is 2.49. The SMILES string of the molecule is CCC(C)C1(C)SCCS1. The molecule has 60 valence electrons. The van der Waals surface area contributed by atoms with Gasteiger partial charge in [-0.1, -0.05) is 20.3 Å². The van der Waals surface area contributed by atoms with Crippen molar-refractivity contribution >= 4 is 23.5 Å². The Morgan fingerprint density at radius 2 is 1.90 bits per heavy atom. The Labute approximate surface area is 72.5 Å². The van der Waals surface area contributed by atoms with Crippen molar-refractivity contribution in [2.75, 3.05) is 11.5 Å². The molecule has 1 fully saturated rings. The number of hydrogen-bond acceptors (Lipinski definition) is 2. The molecule has 0 bridgehead atoms. The maximum atomic E-state index is 2.39. The lowest BCUT2D eigenvalue weighted by Crippen LogP contribution is -2.21. The van der Waals surface area contributed by atoms with Gasteiger partial charge >= 0.3 is 0 Å². The molecule has 0 aromatic rings. The van der Waals surface area contributed by atoms with Gasteiger partial charge in [-0.25, -0.2) is 0 Å². The van der Waals surface area contributed by atoms with Gasteiger partial charge in [0, 0.05) is 11.5 Å². The molecule has 10 heavy (non-hydrogen) atoms. The van der Waals surface area contributed by atoms with Crippen molar-refractivity contribution in [2.45, 2.75) is 31.3 Å². The second-order valence-corrected chi connectivity index (χ2v) is 6.37. The van der Waals surface area contributed by atoms with Crippen LogP contribution < -0.4 is 0 Å². The summed E-state index contributed by atoms with van der Waals surface area (Å²) in [5.74, 6) is 3.57. The maximum absolute atomic E-state index is 2.39. The third kappa shape index (κ3) is 1.65. The summed E-state index contributed by atoms with van der Waals surface area (Å²) >= 11 is 4.28. The second kappa shape index (κ2) is 3.40. The average molecular weight is 176 g/mol. The quantitative estimate of drug-likeness (QED) is 0.633. The summed E-state index contributed by atoms with van der Waals surface area (Å²) in [4.78, 5) is 0. The van der Waals surface area contributed by atoms with Crippen molar-refractivity contribution in [1.29, 1.82) is 0 Å². The molecule has 1 saturated heterocycles. The Morgan fingerprint density at radius 1 is 1.40 bits per heavy atom. The van der Waals surface area contributed by atoms with Crippen LogP contribution in [0.5, 0.6) is 0 Å². The molecule has 0 aromatic carbocycles. The monoisotopic (exact) mass is 176 g/mol. The van der Waals surface area contributed by atoms with Crippen LogP contribution in [0, 0.1) is 5.92 Å². The van der Waals surface area contributed by atoms with Gasteiger partial charge in [-0.05, 0) is 12.8 Å². The Hall–Kier alpha value is 0.700. The fourth-order valence-corrected chi connectivity index (χ4v) is 4.40. The van der Waals surface area contributed by atoms with Crippen LogP contribution in [0.25, 0.3) is 0 Å². The predicted molar refractivity (Wildman–Crippen MR) is 52.8 cm³/mol. The number of thioether (sulfide) groups is 2. The van der Waals surface area contributed by atoms with E-state index in [0.29, 0.717) is 4.08 Å². The van der Waals surface area contributed by atoms with E-state index in [2.05, 4.69) is 44.3 Å². The van der Waals surface area contributed by atoms with E-state index in [1.54, 1.807) is 0 Å². The maximum Gasteiger partial charge on any atom is 0.0608 e. The first kappa shape index (κ1) is 8.79. The summed E-state index contributed by atoms with van der Waals surface area (Å²) in [6.45, 7) is 7.05. The molecular weight excluding hydrogens is 160 g/mol. The molecule has 0 nitrogen and oxygen atoms in total. The highest BCUT2D eigenvalue weighted by Gasteiger charge is 2.34. The van der Waals surface area contributed by atoms with Gasteiger partial charge in [-0.3, -0.25) is 0 Å². The van der Waals surface area contributed by atoms with Gasteiger partial charge in [0.05, 0.1) is 4.08 Å². The molecule has 1 aliphatic heterocycles. The van der Waals surface area contributed by atoms with Crippen LogP contribution in [0.3, 0.4) is 0 Å². The third-order valence-electron chi connectivity index (χ3n) is 2.37. The van der Waals surface area contributed by atoms with Gasteiger partial charge in [-0.2, -0.15) is 0 Å². The van der Waals surface area contributed by atoms with Crippen molar-refractivity contribution < 1.29 is 0 Å². The fraction of sp³-hybridized carbons (Fsp3) is 1.00. The molecule has 0 aliphatic carbocycles. The summed E-state index contributed by atoms with van der Waals surface area (Å²) in [5, 5.41) is 0. The summed E-state index contributed by atoms with van der Waals surface area (Å²) in [5.41, 5.74) is 0. The predicted octanol–water partition coefficient (Wildman–Crippen LogP) is 3.23. The van der Waals surface area contributed by atoms with Crippen LogP contribution in [0.4, 0.5) is 0 Å². The minimum atomic E-state index is 0.536. The molecule has 2 heteroatoms. The summed E-state index contributed by atoms with van der Waals surface area (Å²) in [6.07, 6.45) is 1.32. The standard InChI is InChI=1S/C8H16S2/c1-4-7(2)8(3)9-5-6-10-8/h7H,4-6H2,1-3H3. The average Bonchev–Trinajstić information content (AvgIpc) is 2.36. The lowest BCUT2D eigenvalue weighted by atomic mass is 10.1. The van der Waals surface area contributed by atoms with Crippen LogP contribution in [0.1, 0.15) is 27.2 Å². The smallest absolute Gasteiger partial charge is 0.0608 e. The van der Waals surface area contributed by atoms with E-state index in [1.165, 1.54) is 17.9 Å². The second-order valence-electron chi connectivity index (χ2n) is 3.02. The zero-order valence-corrected chi connectivity index (χ0v) is 8.65. The van der Waals surface area contributed by atoms with E-state index >= 15 is 0 Å². The molecule has 0 N–H and O–H groups in total. The lowest BCUT2D eigenvalue weighted by Gasteiger charge is -2.28. The van der Waals surface area contributed by atoms with Crippen molar-refractivity contribution in [3.8, 4) is 0 Å². The van der Waals surface area contributed by atoms with Crippen LogP contribution in [-0.4, -0.2) is 15.6 Å². The highest BCUT2D eigenvalue weighted by atomic mass is 32.2. The zero-order valence-electron chi connectivity index (χ0n) is 7.02.